The molecule has 0 aliphatic rings. The van der Waals surface area contributed by atoms with Gasteiger partial charge in [0.15, 0.2) is 0 Å². The zero-order chi connectivity index (χ0) is 10.8. The average Bonchev–Trinajstić information content (AvgIpc) is 2.66. The average molecular weight is 204 g/mol. The Labute approximate surface area is 85.4 Å². The number of benzene rings is 1. The minimum absolute atomic E-state index is 0.112. The van der Waals surface area contributed by atoms with E-state index in [1.165, 1.54) is 18.2 Å². The molecule has 1 aromatic heterocycles. The summed E-state index contributed by atoms with van der Waals surface area (Å²) in [7, 11) is 0. The Morgan fingerprint density at radius 2 is 2.00 bits per heavy atom. The first-order valence-electron chi connectivity index (χ1n) is 4.29. The van der Waals surface area contributed by atoms with E-state index in [9.17, 15) is 9.90 Å². The summed E-state index contributed by atoms with van der Waals surface area (Å²) in [5, 5.41) is 17.9. The molecule has 0 aliphatic heterocycles. The first-order valence-corrected chi connectivity index (χ1v) is 4.29. The lowest BCUT2D eigenvalue weighted by molar-refractivity contribution is 0.0663. The van der Waals surface area contributed by atoms with Crippen LogP contribution in [-0.2, 0) is 0 Å². The molecular formula is C11H8O4. The van der Waals surface area contributed by atoms with Crippen molar-refractivity contribution in [2.75, 3.05) is 0 Å². The normalized spacial score (nSPS) is 10.1. The fourth-order valence-electron chi connectivity index (χ4n) is 1.27. The maximum absolute atomic E-state index is 10.6. The number of hydrogen-bond acceptors (Lipinski definition) is 3. The Bertz CT molecular complexity index is 499. The van der Waals surface area contributed by atoms with Gasteiger partial charge in [0.1, 0.15) is 11.5 Å². The number of phenolic OH excluding ortho intramolecular Hbond substituents is 1. The molecule has 15 heavy (non-hydrogen) atoms. The number of rotatable bonds is 2. The molecule has 4 heteroatoms. The summed E-state index contributed by atoms with van der Waals surface area (Å²) >= 11 is 0. The van der Waals surface area contributed by atoms with Crippen molar-refractivity contribution < 1.29 is 19.4 Å². The van der Waals surface area contributed by atoms with Crippen LogP contribution in [0.15, 0.2) is 40.8 Å². The summed E-state index contributed by atoms with van der Waals surface area (Å²) in [6.45, 7) is 0. The molecule has 0 atom stereocenters. The summed E-state index contributed by atoms with van der Waals surface area (Å²) in [4.78, 5) is 10.6. The van der Waals surface area contributed by atoms with Crippen molar-refractivity contribution in [3.05, 3.63) is 42.2 Å². The zero-order valence-electron chi connectivity index (χ0n) is 7.68. The van der Waals surface area contributed by atoms with Gasteiger partial charge in [0.2, 0.25) is 5.76 Å². The highest BCUT2D eigenvalue weighted by Gasteiger charge is 2.10. The second kappa shape index (κ2) is 3.49. The van der Waals surface area contributed by atoms with Gasteiger partial charge in [0, 0.05) is 5.56 Å². The zero-order valence-corrected chi connectivity index (χ0v) is 7.68. The molecule has 1 aromatic carbocycles. The van der Waals surface area contributed by atoms with Crippen LogP contribution in [0.1, 0.15) is 10.6 Å². The van der Waals surface area contributed by atoms with E-state index in [0.29, 0.717) is 11.3 Å². The Balaban J connectivity index is 2.41. The minimum atomic E-state index is -1.11. The Kier molecular flexibility index (Phi) is 2.17. The molecule has 0 unspecified atom stereocenters. The van der Waals surface area contributed by atoms with Crippen LogP contribution in [0.3, 0.4) is 0 Å². The Hall–Kier alpha value is -2.23. The smallest absolute Gasteiger partial charge is 0.371 e. The van der Waals surface area contributed by atoms with Crippen LogP contribution in [0.25, 0.3) is 11.3 Å². The molecule has 2 aromatic rings. The van der Waals surface area contributed by atoms with Crippen molar-refractivity contribution >= 4 is 5.97 Å². The van der Waals surface area contributed by atoms with E-state index in [1.54, 1.807) is 18.2 Å². The van der Waals surface area contributed by atoms with Crippen molar-refractivity contribution in [3.8, 4) is 17.1 Å². The standard InChI is InChI=1S/C11H8O4/c12-8-3-1-2-7(6-8)9-4-5-10(15-9)11(13)14/h1-6,12H,(H,13,14). The number of aromatic hydroxyl groups is 1. The lowest BCUT2D eigenvalue weighted by atomic mass is 10.2. The molecule has 0 saturated carbocycles. The third-order valence-electron chi connectivity index (χ3n) is 1.95. The van der Waals surface area contributed by atoms with Crippen LogP contribution in [0.2, 0.25) is 0 Å². The van der Waals surface area contributed by atoms with Crippen LogP contribution in [0.5, 0.6) is 5.75 Å². The molecular weight excluding hydrogens is 196 g/mol. The molecule has 0 amide bonds. The molecule has 0 fully saturated rings. The first-order chi connectivity index (χ1) is 7.16. The molecule has 4 nitrogen and oxygen atoms in total. The molecule has 0 radical (unpaired) electrons. The highest BCUT2D eigenvalue weighted by Crippen LogP contribution is 2.24. The molecule has 0 saturated heterocycles. The number of carbonyl (C=O) groups is 1. The van der Waals surface area contributed by atoms with E-state index < -0.39 is 5.97 Å². The van der Waals surface area contributed by atoms with Gasteiger partial charge in [-0.25, -0.2) is 4.79 Å². The summed E-state index contributed by atoms with van der Waals surface area (Å²) < 4.78 is 5.08. The minimum Gasteiger partial charge on any atom is -0.508 e. The van der Waals surface area contributed by atoms with Crippen molar-refractivity contribution in [2.45, 2.75) is 0 Å². The third kappa shape index (κ3) is 1.83. The summed E-state index contributed by atoms with van der Waals surface area (Å²) in [6.07, 6.45) is 0. The number of phenols is 1. The van der Waals surface area contributed by atoms with Gasteiger partial charge in [-0.15, -0.1) is 0 Å². The summed E-state index contributed by atoms with van der Waals surface area (Å²) in [5.41, 5.74) is 0.641. The van der Waals surface area contributed by atoms with Gasteiger partial charge >= 0.3 is 5.97 Å². The fourth-order valence-corrected chi connectivity index (χ4v) is 1.27. The summed E-state index contributed by atoms with van der Waals surface area (Å²) in [6, 6.07) is 9.35. The first kappa shape index (κ1) is 9.33. The second-order valence-electron chi connectivity index (χ2n) is 3.02. The predicted molar refractivity (Wildman–Crippen MR) is 52.8 cm³/mol. The van der Waals surface area contributed by atoms with Crippen molar-refractivity contribution in [1.29, 1.82) is 0 Å². The van der Waals surface area contributed by atoms with Crippen LogP contribution in [-0.4, -0.2) is 16.2 Å². The maximum Gasteiger partial charge on any atom is 0.371 e. The van der Waals surface area contributed by atoms with Crippen molar-refractivity contribution in [3.63, 3.8) is 0 Å². The Morgan fingerprint density at radius 3 is 2.60 bits per heavy atom. The number of carboxylic acid groups (broad SMARTS) is 1. The highest BCUT2D eigenvalue weighted by molar-refractivity contribution is 5.85. The van der Waals surface area contributed by atoms with Crippen LogP contribution >= 0.6 is 0 Å². The number of aromatic carboxylic acids is 1. The quantitative estimate of drug-likeness (QED) is 0.787. The number of hydrogen-bond donors (Lipinski definition) is 2. The summed E-state index contributed by atoms with van der Waals surface area (Å²) in [5.74, 6) is -0.696. The van der Waals surface area contributed by atoms with Crippen LogP contribution in [0, 0.1) is 0 Å². The van der Waals surface area contributed by atoms with E-state index in [4.69, 9.17) is 9.52 Å². The van der Waals surface area contributed by atoms with Crippen molar-refractivity contribution in [2.24, 2.45) is 0 Å². The van der Waals surface area contributed by atoms with E-state index in [0.717, 1.165) is 0 Å². The van der Waals surface area contributed by atoms with Gasteiger partial charge in [0.25, 0.3) is 0 Å². The van der Waals surface area contributed by atoms with Crippen molar-refractivity contribution in [1.82, 2.24) is 0 Å². The largest absolute Gasteiger partial charge is 0.508 e. The third-order valence-corrected chi connectivity index (χ3v) is 1.95. The molecule has 2 rings (SSSR count). The molecule has 2 N–H and O–H groups in total. The molecule has 0 spiro atoms. The molecule has 1 heterocycles. The monoisotopic (exact) mass is 204 g/mol. The molecule has 0 bridgehead atoms. The van der Waals surface area contributed by atoms with Crippen LogP contribution in [0.4, 0.5) is 0 Å². The van der Waals surface area contributed by atoms with E-state index in [1.807, 2.05) is 0 Å². The topological polar surface area (TPSA) is 70.7 Å². The number of carboxylic acids is 1. The number of furan rings is 1. The lowest BCUT2D eigenvalue weighted by Gasteiger charge is -1.96. The van der Waals surface area contributed by atoms with Gasteiger partial charge in [-0.05, 0) is 24.3 Å². The van der Waals surface area contributed by atoms with Gasteiger partial charge < -0.3 is 14.6 Å². The van der Waals surface area contributed by atoms with Gasteiger partial charge in [-0.3, -0.25) is 0 Å². The SMILES string of the molecule is O=C(O)c1ccc(-c2cccc(O)c2)o1. The maximum atomic E-state index is 10.6. The fraction of sp³-hybridized carbons (Fsp3) is 0. The van der Waals surface area contributed by atoms with Gasteiger partial charge in [-0.1, -0.05) is 12.1 Å². The van der Waals surface area contributed by atoms with E-state index in [-0.39, 0.29) is 11.5 Å². The van der Waals surface area contributed by atoms with E-state index in [2.05, 4.69) is 0 Å². The Morgan fingerprint density at radius 1 is 1.20 bits per heavy atom. The molecule has 76 valence electrons. The van der Waals surface area contributed by atoms with Crippen LogP contribution < -0.4 is 0 Å². The van der Waals surface area contributed by atoms with E-state index >= 15 is 0 Å². The van der Waals surface area contributed by atoms with Gasteiger partial charge in [0.05, 0.1) is 0 Å². The molecule has 0 aliphatic carbocycles. The predicted octanol–water partition coefficient (Wildman–Crippen LogP) is 2.35. The lowest BCUT2D eigenvalue weighted by Crippen LogP contribution is -1.91. The second-order valence-corrected chi connectivity index (χ2v) is 3.02. The van der Waals surface area contributed by atoms with Gasteiger partial charge in [-0.2, -0.15) is 0 Å². The highest BCUT2D eigenvalue weighted by atomic mass is 16.4.